The molecule has 0 atom stereocenters. The molecule has 46 valence electrons. The molecule has 0 aliphatic rings. The number of nitriles is 1. The quantitative estimate of drug-likeness (QED) is 0.537. The molecule has 0 radical (unpaired) electrons. The van der Waals surface area contributed by atoms with E-state index in [1.165, 1.54) is 0 Å². The van der Waals surface area contributed by atoms with E-state index < -0.39 is 10.8 Å². The molecule has 0 amide bonds. The second-order valence-corrected chi connectivity index (χ2v) is 2.13. The molecule has 0 aliphatic heterocycles. The SMILES string of the molecule is N#CC(F)(F)C(Cl)Cl. The zero-order chi connectivity index (χ0) is 6.78. The Bertz CT molecular complexity index is 117. The number of halogens is 4. The molecular weight excluding hydrogens is 159 g/mol. The summed E-state index contributed by atoms with van der Waals surface area (Å²) in [5.41, 5.74) is 0. The van der Waals surface area contributed by atoms with Crippen LogP contribution in [0.25, 0.3) is 0 Å². The van der Waals surface area contributed by atoms with Crippen molar-refractivity contribution in [2.75, 3.05) is 0 Å². The van der Waals surface area contributed by atoms with Gasteiger partial charge in [-0.2, -0.15) is 14.0 Å². The van der Waals surface area contributed by atoms with E-state index in [4.69, 9.17) is 5.26 Å². The summed E-state index contributed by atoms with van der Waals surface area (Å²) in [7, 11) is 0. The average Bonchev–Trinajstić information content (AvgIpc) is 1.67. The third-order valence-electron chi connectivity index (χ3n) is 0.423. The maximum atomic E-state index is 11.7. The number of hydrogen-bond donors (Lipinski definition) is 0. The fraction of sp³-hybridized carbons (Fsp3) is 0.667. The Morgan fingerprint density at radius 2 is 1.88 bits per heavy atom. The first-order chi connectivity index (χ1) is 3.50. The predicted molar refractivity (Wildman–Crippen MR) is 26.1 cm³/mol. The van der Waals surface area contributed by atoms with Crippen LogP contribution in [0.2, 0.25) is 0 Å². The number of nitrogens with zero attached hydrogens (tertiary/aromatic N) is 1. The van der Waals surface area contributed by atoms with Crippen molar-refractivity contribution >= 4 is 23.2 Å². The molecule has 5 heteroatoms. The van der Waals surface area contributed by atoms with E-state index in [0.29, 0.717) is 6.07 Å². The Balaban J connectivity index is 3.97. The highest BCUT2D eigenvalue weighted by atomic mass is 35.5. The molecule has 0 bridgehead atoms. The fourth-order valence-electron chi connectivity index (χ4n) is 0.0488. The van der Waals surface area contributed by atoms with Crippen LogP contribution in [0.1, 0.15) is 0 Å². The van der Waals surface area contributed by atoms with Gasteiger partial charge in [0, 0.05) is 0 Å². The Hall–Kier alpha value is -0.0700. The average molecular weight is 160 g/mol. The Morgan fingerprint density at radius 1 is 1.50 bits per heavy atom. The van der Waals surface area contributed by atoms with Crippen LogP contribution in [0.3, 0.4) is 0 Å². The van der Waals surface area contributed by atoms with Gasteiger partial charge in [0.2, 0.25) is 0 Å². The standard InChI is InChI=1S/C3HCl2F2N/c4-2(5)3(6,7)1-8/h2H. The summed E-state index contributed by atoms with van der Waals surface area (Å²) in [6.45, 7) is 0. The number of rotatable bonds is 1. The third kappa shape index (κ3) is 1.81. The van der Waals surface area contributed by atoms with Gasteiger partial charge in [0.25, 0.3) is 0 Å². The minimum atomic E-state index is -3.62. The molecular formula is C3HCl2F2N. The van der Waals surface area contributed by atoms with Crippen molar-refractivity contribution < 1.29 is 8.78 Å². The maximum absolute atomic E-state index is 11.7. The maximum Gasteiger partial charge on any atom is 0.361 e. The van der Waals surface area contributed by atoms with Crippen LogP contribution in [0.15, 0.2) is 0 Å². The molecule has 1 nitrogen and oxygen atoms in total. The summed E-state index contributed by atoms with van der Waals surface area (Å²) >= 11 is 9.32. The first kappa shape index (κ1) is 7.93. The summed E-state index contributed by atoms with van der Waals surface area (Å²) in [6, 6.07) is 0.644. The van der Waals surface area contributed by atoms with Crippen LogP contribution in [0.4, 0.5) is 8.78 Å². The van der Waals surface area contributed by atoms with Gasteiger partial charge in [0.15, 0.2) is 4.84 Å². The van der Waals surface area contributed by atoms with Gasteiger partial charge >= 0.3 is 5.92 Å². The van der Waals surface area contributed by atoms with E-state index in [0.717, 1.165) is 0 Å². The summed E-state index contributed by atoms with van der Waals surface area (Å²) in [6.07, 6.45) is 0. The van der Waals surface area contributed by atoms with Gasteiger partial charge in [0.1, 0.15) is 6.07 Å². The Labute approximate surface area is 54.8 Å². The Morgan fingerprint density at radius 3 is 1.88 bits per heavy atom. The monoisotopic (exact) mass is 159 g/mol. The molecule has 0 saturated carbocycles. The van der Waals surface area contributed by atoms with Gasteiger partial charge in [-0.15, -0.1) is 0 Å². The molecule has 0 fully saturated rings. The normalized spacial score (nSPS) is 11.5. The van der Waals surface area contributed by atoms with E-state index in [2.05, 4.69) is 23.2 Å². The zero-order valence-electron chi connectivity index (χ0n) is 3.54. The van der Waals surface area contributed by atoms with Crippen molar-refractivity contribution in [1.29, 1.82) is 5.26 Å². The van der Waals surface area contributed by atoms with Crippen LogP contribution in [-0.2, 0) is 0 Å². The molecule has 0 spiro atoms. The molecule has 0 aliphatic carbocycles. The van der Waals surface area contributed by atoms with Gasteiger partial charge in [-0.1, -0.05) is 23.2 Å². The predicted octanol–water partition coefficient (Wildman–Crippen LogP) is 1.95. The minimum absolute atomic E-state index is 0.644. The van der Waals surface area contributed by atoms with Gasteiger partial charge in [-0.25, -0.2) is 0 Å². The molecule has 0 saturated heterocycles. The van der Waals surface area contributed by atoms with Crippen molar-refractivity contribution in [3.63, 3.8) is 0 Å². The van der Waals surface area contributed by atoms with E-state index in [-0.39, 0.29) is 0 Å². The highest BCUT2D eigenvalue weighted by Crippen LogP contribution is 2.24. The molecule has 0 aromatic heterocycles. The van der Waals surface area contributed by atoms with E-state index in [9.17, 15) is 8.78 Å². The molecule has 0 aromatic carbocycles. The summed E-state index contributed by atoms with van der Waals surface area (Å²) in [4.78, 5) is -1.94. The smallest absolute Gasteiger partial charge is 0.192 e. The van der Waals surface area contributed by atoms with E-state index in [1.807, 2.05) is 0 Å². The van der Waals surface area contributed by atoms with Crippen LogP contribution in [0.5, 0.6) is 0 Å². The second kappa shape index (κ2) is 2.47. The molecule has 0 unspecified atom stereocenters. The lowest BCUT2D eigenvalue weighted by Gasteiger charge is -2.04. The number of alkyl halides is 4. The van der Waals surface area contributed by atoms with Crippen molar-refractivity contribution in [2.45, 2.75) is 10.8 Å². The van der Waals surface area contributed by atoms with Gasteiger partial charge in [0.05, 0.1) is 0 Å². The second-order valence-electron chi connectivity index (χ2n) is 1.04. The van der Waals surface area contributed by atoms with E-state index in [1.54, 1.807) is 0 Å². The van der Waals surface area contributed by atoms with Gasteiger partial charge in [-0.3, -0.25) is 0 Å². The largest absolute Gasteiger partial charge is 0.361 e. The molecule has 0 rings (SSSR count). The first-order valence-electron chi connectivity index (χ1n) is 1.58. The summed E-state index contributed by atoms with van der Waals surface area (Å²) < 4.78 is 23.3. The van der Waals surface area contributed by atoms with Gasteiger partial charge in [-0.05, 0) is 0 Å². The lowest BCUT2D eigenvalue weighted by molar-refractivity contribution is 0.0795. The van der Waals surface area contributed by atoms with Crippen molar-refractivity contribution in [1.82, 2.24) is 0 Å². The minimum Gasteiger partial charge on any atom is -0.192 e. The molecule has 0 aromatic rings. The molecule has 8 heavy (non-hydrogen) atoms. The highest BCUT2D eigenvalue weighted by Gasteiger charge is 2.36. The van der Waals surface area contributed by atoms with Gasteiger partial charge < -0.3 is 0 Å². The highest BCUT2D eigenvalue weighted by molar-refractivity contribution is 6.45. The number of hydrogen-bond acceptors (Lipinski definition) is 1. The van der Waals surface area contributed by atoms with E-state index >= 15 is 0 Å². The Kier molecular flexibility index (Phi) is 2.45. The summed E-state index contributed by atoms with van der Waals surface area (Å²) in [5, 5.41) is 7.60. The van der Waals surface area contributed by atoms with Crippen molar-refractivity contribution in [2.24, 2.45) is 0 Å². The topological polar surface area (TPSA) is 23.8 Å². The summed E-state index contributed by atoms with van der Waals surface area (Å²) in [5.74, 6) is -3.62. The van der Waals surface area contributed by atoms with Crippen LogP contribution in [0, 0.1) is 11.3 Å². The van der Waals surface area contributed by atoms with Crippen LogP contribution >= 0.6 is 23.2 Å². The van der Waals surface area contributed by atoms with Crippen LogP contribution in [-0.4, -0.2) is 10.8 Å². The lowest BCUT2D eigenvalue weighted by Crippen LogP contribution is -2.21. The van der Waals surface area contributed by atoms with Crippen molar-refractivity contribution in [3.05, 3.63) is 0 Å². The third-order valence-corrected chi connectivity index (χ3v) is 0.971. The first-order valence-corrected chi connectivity index (χ1v) is 2.45. The fourth-order valence-corrected chi connectivity index (χ4v) is 0.146. The van der Waals surface area contributed by atoms with Crippen LogP contribution < -0.4 is 0 Å². The zero-order valence-corrected chi connectivity index (χ0v) is 5.05. The molecule has 0 N–H and O–H groups in total. The van der Waals surface area contributed by atoms with Crippen molar-refractivity contribution in [3.8, 4) is 6.07 Å². The lowest BCUT2D eigenvalue weighted by atomic mass is 10.4. The molecule has 0 heterocycles.